The number of H-pyrrole nitrogens is 1. The highest BCUT2D eigenvalue weighted by Crippen LogP contribution is 2.43. The molecule has 4 heterocycles. The van der Waals surface area contributed by atoms with Crippen molar-refractivity contribution >= 4 is 22.6 Å². The van der Waals surface area contributed by atoms with Gasteiger partial charge in [0.1, 0.15) is 5.75 Å². The lowest BCUT2D eigenvalue weighted by Gasteiger charge is -2.35. The summed E-state index contributed by atoms with van der Waals surface area (Å²) in [5.74, 6) is 2.67. The third-order valence-corrected chi connectivity index (χ3v) is 6.94. The van der Waals surface area contributed by atoms with E-state index < -0.39 is 0 Å². The SMILES string of the molecule is COc1ccc(-c2cnc(N3CC(=O)c4c([nH]c5ccccc45)C3c3ccc4c(c3)OCO4)nc2)cc1. The highest BCUT2D eigenvalue weighted by Gasteiger charge is 2.38. The van der Waals surface area contributed by atoms with Crippen molar-refractivity contribution in [2.24, 2.45) is 0 Å². The molecule has 1 atom stereocenters. The molecule has 3 aromatic carbocycles. The number of benzene rings is 3. The van der Waals surface area contributed by atoms with E-state index in [1.165, 1.54) is 0 Å². The van der Waals surface area contributed by atoms with Gasteiger partial charge in [-0.05, 0) is 41.5 Å². The Hall–Kier alpha value is -4.85. The van der Waals surface area contributed by atoms with Crippen LogP contribution in [0, 0.1) is 0 Å². The smallest absolute Gasteiger partial charge is 0.231 e. The predicted octanol–water partition coefficient (Wildman–Crippen LogP) is 5.15. The van der Waals surface area contributed by atoms with E-state index in [0.29, 0.717) is 23.0 Å². The van der Waals surface area contributed by atoms with Crippen molar-refractivity contribution in [1.29, 1.82) is 0 Å². The number of hydrogen-bond donors (Lipinski definition) is 1. The predicted molar refractivity (Wildman–Crippen MR) is 138 cm³/mol. The molecule has 2 aliphatic heterocycles. The van der Waals surface area contributed by atoms with Crippen LogP contribution in [0.3, 0.4) is 0 Å². The molecule has 2 aromatic heterocycles. The monoisotopic (exact) mass is 490 g/mol. The highest BCUT2D eigenvalue weighted by molar-refractivity contribution is 6.12. The lowest BCUT2D eigenvalue weighted by molar-refractivity contribution is 0.0990. The number of anilines is 1. The van der Waals surface area contributed by atoms with Crippen LogP contribution in [0.25, 0.3) is 22.0 Å². The number of carbonyl (C=O) groups is 1. The molecule has 7 rings (SSSR count). The Morgan fingerprint density at radius 3 is 2.54 bits per heavy atom. The fourth-order valence-corrected chi connectivity index (χ4v) is 5.17. The molecular weight excluding hydrogens is 468 g/mol. The molecule has 0 spiro atoms. The van der Waals surface area contributed by atoms with Crippen molar-refractivity contribution in [3.63, 3.8) is 0 Å². The summed E-state index contributed by atoms with van der Waals surface area (Å²) < 4.78 is 16.4. The quantitative estimate of drug-likeness (QED) is 0.372. The van der Waals surface area contributed by atoms with E-state index >= 15 is 0 Å². The van der Waals surface area contributed by atoms with Gasteiger partial charge in [-0.2, -0.15) is 0 Å². The lowest BCUT2D eigenvalue weighted by atomic mass is 9.91. The molecule has 0 amide bonds. The molecule has 0 radical (unpaired) electrons. The van der Waals surface area contributed by atoms with Gasteiger partial charge in [0.05, 0.1) is 31.0 Å². The average molecular weight is 491 g/mol. The number of ketones is 1. The second kappa shape index (κ2) is 8.37. The van der Waals surface area contributed by atoms with Gasteiger partial charge in [-0.25, -0.2) is 9.97 Å². The molecule has 182 valence electrons. The molecule has 8 heteroatoms. The van der Waals surface area contributed by atoms with Crippen LogP contribution in [0.5, 0.6) is 17.2 Å². The molecule has 0 aliphatic carbocycles. The summed E-state index contributed by atoms with van der Waals surface area (Å²) in [5, 5.41) is 0.920. The van der Waals surface area contributed by atoms with Gasteiger partial charge < -0.3 is 24.1 Å². The Balaban J connectivity index is 1.34. The summed E-state index contributed by atoms with van der Waals surface area (Å²) in [6, 6.07) is 21.2. The molecule has 1 N–H and O–H groups in total. The number of methoxy groups -OCH3 is 1. The minimum atomic E-state index is -0.318. The van der Waals surface area contributed by atoms with Gasteiger partial charge in [0.25, 0.3) is 0 Å². The summed E-state index contributed by atoms with van der Waals surface area (Å²) in [4.78, 5) is 28.3. The zero-order chi connectivity index (χ0) is 24.9. The van der Waals surface area contributed by atoms with Gasteiger partial charge in [0.2, 0.25) is 12.7 Å². The number of Topliss-reactive ketones (excluding diaryl/α,β-unsaturated/α-hetero) is 1. The molecule has 0 saturated heterocycles. The zero-order valence-electron chi connectivity index (χ0n) is 20.0. The van der Waals surface area contributed by atoms with Crippen molar-refractivity contribution < 1.29 is 19.0 Å². The van der Waals surface area contributed by atoms with Crippen molar-refractivity contribution in [2.75, 3.05) is 25.3 Å². The van der Waals surface area contributed by atoms with E-state index in [2.05, 4.69) is 4.98 Å². The first-order valence-electron chi connectivity index (χ1n) is 12.0. The molecule has 37 heavy (non-hydrogen) atoms. The largest absolute Gasteiger partial charge is 0.497 e. The van der Waals surface area contributed by atoms with E-state index in [9.17, 15) is 4.79 Å². The van der Waals surface area contributed by atoms with Crippen LogP contribution in [-0.2, 0) is 0 Å². The molecule has 5 aromatic rings. The number of ether oxygens (including phenoxy) is 3. The van der Waals surface area contributed by atoms with Crippen molar-refractivity contribution in [1.82, 2.24) is 15.0 Å². The first-order chi connectivity index (χ1) is 18.2. The van der Waals surface area contributed by atoms with Crippen LogP contribution in [0.15, 0.2) is 79.1 Å². The summed E-state index contributed by atoms with van der Waals surface area (Å²) in [7, 11) is 1.64. The van der Waals surface area contributed by atoms with E-state index in [-0.39, 0.29) is 25.2 Å². The van der Waals surface area contributed by atoms with E-state index in [1.807, 2.05) is 71.6 Å². The topological polar surface area (TPSA) is 89.6 Å². The van der Waals surface area contributed by atoms with Crippen LogP contribution in [0.4, 0.5) is 5.95 Å². The van der Waals surface area contributed by atoms with Crippen molar-refractivity contribution in [2.45, 2.75) is 6.04 Å². The van der Waals surface area contributed by atoms with Crippen molar-refractivity contribution in [3.8, 4) is 28.4 Å². The summed E-state index contributed by atoms with van der Waals surface area (Å²) >= 11 is 0. The van der Waals surface area contributed by atoms with Gasteiger partial charge in [0, 0.05) is 28.9 Å². The standard InChI is InChI=1S/C29H22N4O4/c1-35-20-9-6-17(7-10-20)19-13-30-29(31-14-19)33-15-23(34)26-21-4-2-3-5-22(21)32-27(26)28(33)18-8-11-24-25(12-18)37-16-36-24/h2-14,28,32H,15-16H2,1H3. The number of carbonyl (C=O) groups excluding carboxylic acids is 1. The zero-order valence-corrected chi connectivity index (χ0v) is 20.0. The average Bonchev–Trinajstić information content (AvgIpc) is 3.58. The Morgan fingerprint density at radius 2 is 1.73 bits per heavy atom. The first kappa shape index (κ1) is 21.4. The maximum Gasteiger partial charge on any atom is 0.231 e. The minimum Gasteiger partial charge on any atom is -0.497 e. The molecular formula is C29H22N4O4. The Bertz CT molecular complexity index is 1640. The fraction of sp³-hybridized carbons (Fsp3) is 0.138. The van der Waals surface area contributed by atoms with Crippen LogP contribution in [0.1, 0.15) is 27.7 Å². The second-order valence-electron chi connectivity index (χ2n) is 9.03. The van der Waals surface area contributed by atoms with E-state index in [1.54, 1.807) is 19.5 Å². The summed E-state index contributed by atoms with van der Waals surface area (Å²) in [6.45, 7) is 0.342. The number of aromatic amines is 1. The molecule has 2 aliphatic rings. The highest BCUT2D eigenvalue weighted by atomic mass is 16.7. The van der Waals surface area contributed by atoms with Crippen LogP contribution in [0.2, 0.25) is 0 Å². The van der Waals surface area contributed by atoms with E-state index in [4.69, 9.17) is 24.2 Å². The number of nitrogens with zero attached hydrogens (tertiary/aromatic N) is 3. The number of para-hydroxylation sites is 1. The number of hydrogen-bond acceptors (Lipinski definition) is 7. The molecule has 0 saturated carbocycles. The van der Waals surface area contributed by atoms with Gasteiger partial charge in [-0.15, -0.1) is 0 Å². The van der Waals surface area contributed by atoms with Gasteiger partial charge in [-0.3, -0.25) is 4.79 Å². The number of aromatic nitrogens is 3. The maximum atomic E-state index is 13.5. The third-order valence-electron chi connectivity index (χ3n) is 6.94. The Morgan fingerprint density at radius 1 is 0.946 bits per heavy atom. The fourth-order valence-electron chi connectivity index (χ4n) is 5.17. The Labute approximate surface area is 212 Å². The molecule has 1 unspecified atom stereocenters. The summed E-state index contributed by atoms with van der Waals surface area (Å²) in [5.41, 5.74) is 5.26. The Kier molecular flexibility index (Phi) is 4.85. The van der Waals surface area contributed by atoms with Crippen LogP contribution < -0.4 is 19.1 Å². The van der Waals surface area contributed by atoms with Gasteiger partial charge in [-0.1, -0.05) is 36.4 Å². The second-order valence-corrected chi connectivity index (χ2v) is 9.03. The number of nitrogens with one attached hydrogen (secondary N) is 1. The summed E-state index contributed by atoms with van der Waals surface area (Å²) in [6.07, 6.45) is 3.57. The number of fused-ring (bicyclic) bond motifs is 4. The number of rotatable bonds is 4. The van der Waals surface area contributed by atoms with Gasteiger partial charge >= 0.3 is 0 Å². The van der Waals surface area contributed by atoms with Crippen LogP contribution >= 0.6 is 0 Å². The van der Waals surface area contributed by atoms with Crippen molar-refractivity contribution in [3.05, 3.63) is 95.9 Å². The lowest BCUT2D eigenvalue weighted by Crippen LogP contribution is -2.40. The molecule has 0 fully saturated rings. The first-order valence-corrected chi connectivity index (χ1v) is 12.0. The van der Waals surface area contributed by atoms with Crippen LogP contribution in [-0.4, -0.2) is 41.2 Å². The molecule has 0 bridgehead atoms. The molecule has 8 nitrogen and oxygen atoms in total. The third kappa shape index (κ3) is 3.48. The van der Waals surface area contributed by atoms with Gasteiger partial charge in [0.15, 0.2) is 17.3 Å². The maximum absolute atomic E-state index is 13.5. The minimum absolute atomic E-state index is 0.0206. The van der Waals surface area contributed by atoms with E-state index in [0.717, 1.165) is 39.0 Å². The normalized spacial score (nSPS) is 16.2.